The van der Waals surface area contributed by atoms with Crippen LogP contribution >= 0.6 is 0 Å². The predicted octanol–water partition coefficient (Wildman–Crippen LogP) is 1.88. The van der Waals surface area contributed by atoms with Crippen LogP contribution in [0.15, 0.2) is 55.1 Å². The highest BCUT2D eigenvalue weighted by Crippen LogP contribution is 2.00. The Morgan fingerprint density at radius 2 is 2.12 bits per heavy atom. The number of carbonyl (C=O) groups excluding carboxylic acids is 1. The van der Waals surface area contributed by atoms with E-state index in [9.17, 15) is 9.90 Å². The van der Waals surface area contributed by atoms with E-state index in [4.69, 9.17) is 4.74 Å². The Balaban J connectivity index is 2.29. The molecule has 0 bridgehead atoms. The van der Waals surface area contributed by atoms with E-state index in [1.54, 1.807) is 0 Å². The van der Waals surface area contributed by atoms with Gasteiger partial charge in [-0.05, 0) is 11.6 Å². The summed E-state index contributed by atoms with van der Waals surface area (Å²) in [5, 5.41) is 9.34. The minimum Gasteiger partial charge on any atom is -0.463 e. The van der Waals surface area contributed by atoms with Gasteiger partial charge in [0.25, 0.3) is 0 Å². The standard InChI is InChI=1S/C14H16O3/c1-2-3-9-13(15)14(16)17-11-10-12-7-5-4-6-8-12/h2-9,13,15H,1,10-11H2. The number of hydrogen-bond donors (Lipinski definition) is 1. The van der Waals surface area contributed by atoms with Crippen molar-refractivity contribution < 1.29 is 14.6 Å². The number of benzene rings is 1. The third kappa shape index (κ3) is 5.13. The second-order valence-electron chi connectivity index (χ2n) is 3.47. The van der Waals surface area contributed by atoms with Gasteiger partial charge < -0.3 is 9.84 Å². The molecule has 17 heavy (non-hydrogen) atoms. The van der Waals surface area contributed by atoms with E-state index in [-0.39, 0.29) is 6.61 Å². The predicted molar refractivity (Wildman–Crippen MR) is 66.4 cm³/mol. The molecule has 3 nitrogen and oxygen atoms in total. The lowest BCUT2D eigenvalue weighted by Gasteiger charge is -2.07. The molecule has 1 aromatic carbocycles. The molecule has 1 rings (SSSR count). The SMILES string of the molecule is C=CC=CC(O)C(=O)OCCc1ccccc1. The Bertz CT molecular complexity index is 382. The maximum Gasteiger partial charge on any atom is 0.339 e. The molecule has 1 N–H and O–H groups in total. The van der Waals surface area contributed by atoms with E-state index >= 15 is 0 Å². The maximum atomic E-state index is 11.3. The number of allylic oxidation sites excluding steroid dienone is 2. The fourth-order valence-corrected chi connectivity index (χ4v) is 1.26. The van der Waals surface area contributed by atoms with Crippen LogP contribution in [0.2, 0.25) is 0 Å². The highest BCUT2D eigenvalue weighted by Gasteiger charge is 2.12. The summed E-state index contributed by atoms with van der Waals surface area (Å²) in [5.41, 5.74) is 1.09. The highest BCUT2D eigenvalue weighted by molar-refractivity contribution is 5.76. The normalized spacial score (nSPS) is 12.3. The van der Waals surface area contributed by atoms with Gasteiger partial charge in [-0.1, -0.05) is 49.1 Å². The second-order valence-corrected chi connectivity index (χ2v) is 3.47. The van der Waals surface area contributed by atoms with E-state index < -0.39 is 12.1 Å². The van der Waals surface area contributed by atoms with Gasteiger partial charge in [-0.2, -0.15) is 0 Å². The second kappa shape index (κ2) is 7.41. The van der Waals surface area contributed by atoms with Crippen LogP contribution in [0.4, 0.5) is 0 Å². The van der Waals surface area contributed by atoms with Crippen LogP contribution in [0.3, 0.4) is 0 Å². The van der Waals surface area contributed by atoms with E-state index in [0.717, 1.165) is 5.56 Å². The molecule has 1 atom stereocenters. The van der Waals surface area contributed by atoms with Gasteiger partial charge in [-0.3, -0.25) is 0 Å². The van der Waals surface area contributed by atoms with Gasteiger partial charge in [0.1, 0.15) is 0 Å². The van der Waals surface area contributed by atoms with Crippen LogP contribution in [0, 0.1) is 0 Å². The number of rotatable bonds is 6. The Kier molecular flexibility index (Phi) is 5.75. The molecule has 0 saturated heterocycles. The van der Waals surface area contributed by atoms with E-state index in [1.165, 1.54) is 18.2 Å². The molecule has 90 valence electrons. The molecule has 0 fully saturated rings. The minimum atomic E-state index is -1.22. The molecule has 1 unspecified atom stereocenters. The van der Waals surface area contributed by atoms with E-state index in [0.29, 0.717) is 6.42 Å². The van der Waals surface area contributed by atoms with Crippen LogP contribution in [-0.2, 0) is 16.0 Å². The molecular formula is C14H16O3. The monoisotopic (exact) mass is 232 g/mol. The summed E-state index contributed by atoms with van der Waals surface area (Å²) in [6.45, 7) is 3.71. The molecule has 0 aliphatic heterocycles. The van der Waals surface area contributed by atoms with Crippen molar-refractivity contribution in [1.29, 1.82) is 0 Å². The number of aliphatic hydroxyl groups is 1. The summed E-state index contributed by atoms with van der Waals surface area (Å²) in [6.07, 6.45) is 3.75. The van der Waals surface area contributed by atoms with Crippen LogP contribution in [0.25, 0.3) is 0 Å². The summed E-state index contributed by atoms with van der Waals surface area (Å²) in [7, 11) is 0. The first kappa shape index (κ1) is 13.2. The molecule has 0 radical (unpaired) electrons. The van der Waals surface area contributed by atoms with E-state index in [2.05, 4.69) is 6.58 Å². The van der Waals surface area contributed by atoms with Crippen molar-refractivity contribution in [3.05, 3.63) is 60.7 Å². The average Bonchev–Trinajstić information content (AvgIpc) is 2.37. The summed E-state index contributed by atoms with van der Waals surface area (Å²) in [5.74, 6) is -0.640. The number of esters is 1. The van der Waals surface area contributed by atoms with Crippen LogP contribution < -0.4 is 0 Å². The average molecular weight is 232 g/mol. The third-order valence-electron chi connectivity index (χ3n) is 2.15. The zero-order valence-electron chi connectivity index (χ0n) is 9.58. The van der Waals surface area contributed by atoms with Crippen molar-refractivity contribution >= 4 is 5.97 Å². The molecule has 0 aromatic heterocycles. The number of hydrogen-bond acceptors (Lipinski definition) is 3. The van der Waals surface area contributed by atoms with Gasteiger partial charge >= 0.3 is 5.97 Å². The number of ether oxygens (including phenoxy) is 1. The quantitative estimate of drug-likeness (QED) is 0.601. The van der Waals surface area contributed by atoms with Crippen LogP contribution in [0.1, 0.15) is 5.56 Å². The van der Waals surface area contributed by atoms with Crippen molar-refractivity contribution in [1.82, 2.24) is 0 Å². The molecule has 0 saturated carbocycles. The van der Waals surface area contributed by atoms with Crippen molar-refractivity contribution in [2.75, 3.05) is 6.61 Å². The lowest BCUT2D eigenvalue weighted by Crippen LogP contribution is -2.21. The lowest BCUT2D eigenvalue weighted by molar-refractivity contribution is -0.150. The smallest absolute Gasteiger partial charge is 0.339 e. The summed E-state index contributed by atoms with van der Waals surface area (Å²) in [6, 6.07) is 9.71. The topological polar surface area (TPSA) is 46.5 Å². The molecular weight excluding hydrogens is 216 g/mol. The number of aliphatic hydroxyl groups excluding tert-OH is 1. The van der Waals surface area contributed by atoms with Crippen molar-refractivity contribution in [2.24, 2.45) is 0 Å². The molecule has 0 aliphatic carbocycles. The van der Waals surface area contributed by atoms with Crippen molar-refractivity contribution in [3.8, 4) is 0 Å². The van der Waals surface area contributed by atoms with Gasteiger partial charge in [0.2, 0.25) is 0 Å². The molecule has 0 aliphatic rings. The molecule has 3 heteroatoms. The molecule has 0 heterocycles. The fraction of sp³-hybridized carbons (Fsp3) is 0.214. The Labute approximate surface area is 101 Å². The van der Waals surface area contributed by atoms with Crippen molar-refractivity contribution in [3.63, 3.8) is 0 Å². The zero-order valence-corrected chi connectivity index (χ0v) is 9.58. The fourth-order valence-electron chi connectivity index (χ4n) is 1.26. The van der Waals surface area contributed by atoms with Gasteiger partial charge in [0.05, 0.1) is 6.61 Å². The molecule has 0 amide bonds. The first-order valence-electron chi connectivity index (χ1n) is 5.42. The Hall–Kier alpha value is -1.87. The van der Waals surface area contributed by atoms with Gasteiger partial charge in [-0.25, -0.2) is 4.79 Å². The lowest BCUT2D eigenvalue weighted by atomic mass is 10.2. The van der Waals surface area contributed by atoms with E-state index in [1.807, 2.05) is 30.3 Å². The Morgan fingerprint density at radius 1 is 1.41 bits per heavy atom. The van der Waals surface area contributed by atoms with Crippen LogP contribution in [-0.4, -0.2) is 23.8 Å². The van der Waals surface area contributed by atoms with Gasteiger partial charge in [0.15, 0.2) is 6.10 Å². The zero-order chi connectivity index (χ0) is 12.5. The first-order chi connectivity index (χ1) is 8.24. The maximum absolute atomic E-state index is 11.3. The Morgan fingerprint density at radius 3 is 2.76 bits per heavy atom. The van der Waals surface area contributed by atoms with Gasteiger partial charge in [0, 0.05) is 6.42 Å². The van der Waals surface area contributed by atoms with Crippen molar-refractivity contribution in [2.45, 2.75) is 12.5 Å². The summed E-state index contributed by atoms with van der Waals surface area (Å²) in [4.78, 5) is 11.3. The number of carbonyl (C=O) groups is 1. The third-order valence-corrected chi connectivity index (χ3v) is 2.15. The van der Waals surface area contributed by atoms with Crippen LogP contribution in [0.5, 0.6) is 0 Å². The first-order valence-corrected chi connectivity index (χ1v) is 5.42. The largest absolute Gasteiger partial charge is 0.463 e. The van der Waals surface area contributed by atoms with Gasteiger partial charge in [-0.15, -0.1) is 0 Å². The highest BCUT2D eigenvalue weighted by atomic mass is 16.5. The molecule has 1 aromatic rings. The molecule has 0 spiro atoms. The summed E-state index contributed by atoms with van der Waals surface area (Å²) < 4.78 is 4.93. The minimum absolute atomic E-state index is 0.266. The summed E-state index contributed by atoms with van der Waals surface area (Å²) >= 11 is 0.